The van der Waals surface area contributed by atoms with Crippen molar-refractivity contribution in [2.75, 3.05) is 6.54 Å². The Hall–Kier alpha value is -0.990. The van der Waals surface area contributed by atoms with Crippen LogP contribution in [0.1, 0.15) is 31.4 Å². The summed E-state index contributed by atoms with van der Waals surface area (Å²) in [4.78, 5) is 0. The lowest BCUT2D eigenvalue weighted by Gasteiger charge is -2.28. The van der Waals surface area contributed by atoms with Crippen LogP contribution in [-0.2, 0) is 12.5 Å². The van der Waals surface area contributed by atoms with E-state index in [4.69, 9.17) is 17.3 Å². The van der Waals surface area contributed by atoms with E-state index in [1.165, 1.54) is 42.3 Å². The van der Waals surface area contributed by atoms with Crippen molar-refractivity contribution < 1.29 is 0 Å². The Kier molecular flexibility index (Phi) is 2.87. The molecule has 0 saturated heterocycles. The molecular formula is C15H19ClN2. The first-order valence-corrected chi connectivity index (χ1v) is 7.00. The van der Waals surface area contributed by atoms with Gasteiger partial charge in [-0.2, -0.15) is 0 Å². The van der Waals surface area contributed by atoms with Crippen molar-refractivity contribution in [1.29, 1.82) is 0 Å². The third kappa shape index (κ3) is 1.67. The average molecular weight is 263 g/mol. The summed E-state index contributed by atoms with van der Waals surface area (Å²) in [6, 6.07) is 8.39. The predicted molar refractivity (Wildman–Crippen MR) is 77.1 cm³/mol. The summed E-state index contributed by atoms with van der Waals surface area (Å²) >= 11 is 6.09. The number of nitrogens with two attached hydrogens (primary N) is 1. The quantitative estimate of drug-likeness (QED) is 0.881. The van der Waals surface area contributed by atoms with Gasteiger partial charge < -0.3 is 10.3 Å². The second-order valence-electron chi connectivity index (χ2n) is 5.48. The maximum absolute atomic E-state index is 6.09. The first kappa shape index (κ1) is 12.1. The Balaban J connectivity index is 2.20. The van der Waals surface area contributed by atoms with Crippen molar-refractivity contribution in [3.8, 4) is 0 Å². The SMILES string of the molecule is Cn1c(C2(CN)CCCC2)cc2ccc(Cl)cc21. The largest absolute Gasteiger partial charge is 0.347 e. The highest BCUT2D eigenvalue weighted by atomic mass is 35.5. The summed E-state index contributed by atoms with van der Waals surface area (Å²) in [5.74, 6) is 0. The van der Waals surface area contributed by atoms with Crippen molar-refractivity contribution in [3.05, 3.63) is 35.0 Å². The zero-order chi connectivity index (χ0) is 12.8. The maximum atomic E-state index is 6.09. The van der Waals surface area contributed by atoms with E-state index >= 15 is 0 Å². The molecule has 0 aliphatic heterocycles. The summed E-state index contributed by atoms with van der Waals surface area (Å²) in [6.07, 6.45) is 5.00. The molecular weight excluding hydrogens is 244 g/mol. The third-order valence-electron chi connectivity index (χ3n) is 4.50. The van der Waals surface area contributed by atoms with Crippen LogP contribution in [0.5, 0.6) is 0 Å². The number of nitrogens with zero attached hydrogens (tertiary/aromatic N) is 1. The van der Waals surface area contributed by atoms with Crippen LogP contribution >= 0.6 is 11.6 Å². The molecule has 0 radical (unpaired) electrons. The zero-order valence-electron chi connectivity index (χ0n) is 10.7. The second kappa shape index (κ2) is 4.29. The average Bonchev–Trinajstić information content (AvgIpc) is 2.96. The number of hydrogen-bond donors (Lipinski definition) is 1. The van der Waals surface area contributed by atoms with Crippen molar-refractivity contribution in [1.82, 2.24) is 4.57 Å². The molecule has 1 aromatic carbocycles. The van der Waals surface area contributed by atoms with Crippen molar-refractivity contribution >= 4 is 22.5 Å². The van der Waals surface area contributed by atoms with Gasteiger partial charge in [0, 0.05) is 35.2 Å². The highest BCUT2D eigenvalue weighted by molar-refractivity contribution is 6.31. The van der Waals surface area contributed by atoms with E-state index in [9.17, 15) is 0 Å². The standard InChI is InChI=1S/C15H19ClN2/c1-18-13-9-12(16)5-4-11(13)8-14(18)15(10-17)6-2-3-7-15/h4-5,8-9H,2-3,6-7,10,17H2,1H3. The summed E-state index contributed by atoms with van der Waals surface area (Å²) in [6.45, 7) is 0.741. The van der Waals surface area contributed by atoms with E-state index < -0.39 is 0 Å². The van der Waals surface area contributed by atoms with E-state index in [1.54, 1.807) is 0 Å². The van der Waals surface area contributed by atoms with Gasteiger partial charge in [0.1, 0.15) is 0 Å². The molecule has 0 atom stereocenters. The Morgan fingerprint density at radius 3 is 2.67 bits per heavy atom. The molecule has 0 unspecified atom stereocenters. The molecule has 3 heteroatoms. The number of aromatic nitrogens is 1. The van der Waals surface area contributed by atoms with Crippen LogP contribution in [0.4, 0.5) is 0 Å². The van der Waals surface area contributed by atoms with E-state index in [0.717, 1.165) is 11.6 Å². The lowest BCUT2D eigenvalue weighted by molar-refractivity contribution is 0.428. The smallest absolute Gasteiger partial charge is 0.0495 e. The minimum atomic E-state index is 0.181. The number of aryl methyl sites for hydroxylation is 1. The molecule has 3 rings (SSSR count). The number of hydrogen-bond acceptors (Lipinski definition) is 1. The Morgan fingerprint density at radius 1 is 1.28 bits per heavy atom. The van der Waals surface area contributed by atoms with Crippen molar-refractivity contribution in [2.24, 2.45) is 12.8 Å². The van der Waals surface area contributed by atoms with Gasteiger partial charge in [0.05, 0.1) is 0 Å². The monoisotopic (exact) mass is 262 g/mol. The molecule has 2 nitrogen and oxygen atoms in total. The van der Waals surface area contributed by atoms with Gasteiger partial charge in [0.15, 0.2) is 0 Å². The number of rotatable bonds is 2. The second-order valence-corrected chi connectivity index (χ2v) is 5.92. The summed E-state index contributed by atoms with van der Waals surface area (Å²) in [5.41, 5.74) is 8.84. The molecule has 1 fully saturated rings. The Morgan fingerprint density at radius 2 is 2.00 bits per heavy atom. The fourth-order valence-corrected chi connectivity index (χ4v) is 3.60. The topological polar surface area (TPSA) is 30.9 Å². The van der Waals surface area contributed by atoms with Crippen LogP contribution in [0.2, 0.25) is 5.02 Å². The normalized spacial score (nSPS) is 18.6. The lowest BCUT2D eigenvalue weighted by atomic mass is 9.82. The highest BCUT2D eigenvalue weighted by Gasteiger charge is 2.36. The van der Waals surface area contributed by atoms with Gasteiger partial charge in [-0.05, 0) is 36.4 Å². The molecule has 0 bridgehead atoms. The van der Waals surface area contributed by atoms with Gasteiger partial charge in [-0.1, -0.05) is 30.5 Å². The molecule has 1 heterocycles. The van der Waals surface area contributed by atoms with Gasteiger partial charge in [-0.25, -0.2) is 0 Å². The summed E-state index contributed by atoms with van der Waals surface area (Å²) < 4.78 is 2.28. The van der Waals surface area contributed by atoms with Crippen molar-refractivity contribution in [2.45, 2.75) is 31.1 Å². The zero-order valence-corrected chi connectivity index (χ0v) is 11.5. The molecule has 0 amide bonds. The van der Waals surface area contributed by atoms with Gasteiger partial charge in [-0.3, -0.25) is 0 Å². The number of halogens is 1. The maximum Gasteiger partial charge on any atom is 0.0495 e. The Labute approximate surface area is 113 Å². The van der Waals surface area contributed by atoms with E-state index in [1.807, 2.05) is 12.1 Å². The van der Waals surface area contributed by atoms with Gasteiger partial charge in [0.2, 0.25) is 0 Å². The minimum Gasteiger partial charge on any atom is -0.347 e. The van der Waals surface area contributed by atoms with Crippen LogP contribution in [-0.4, -0.2) is 11.1 Å². The molecule has 2 N–H and O–H groups in total. The highest BCUT2D eigenvalue weighted by Crippen LogP contribution is 2.42. The van der Waals surface area contributed by atoms with Crippen LogP contribution < -0.4 is 5.73 Å². The minimum absolute atomic E-state index is 0.181. The molecule has 1 saturated carbocycles. The van der Waals surface area contributed by atoms with Crippen molar-refractivity contribution in [3.63, 3.8) is 0 Å². The predicted octanol–water partition coefficient (Wildman–Crippen LogP) is 3.60. The van der Waals surface area contributed by atoms with E-state index in [2.05, 4.69) is 23.7 Å². The van der Waals surface area contributed by atoms with Gasteiger partial charge >= 0.3 is 0 Å². The Bertz CT molecular complexity index is 579. The molecule has 96 valence electrons. The molecule has 1 aromatic heterocycles. The van der Waals surface area contributed by atoms with Crippen LogP contribution in [0.25, 0.3) is 10.9 Å². The molecule has 2 aromatic rings. The van der Waals surface area contributed by atoms with Gasteiger partial charge in [0.25, 0.3) is 0 Å². The molecule has 1 aliphatic carbocycles. The summed E-state index contributed by atoms with van der Waals surface area (Å²) in [7, 11) is 2.13. The van der Waals surface area contributed by atoms with Crippen LogP contribution in [0.3, 0.4) is 0 Å². The molecule has 0 spiro atoms. The van der Waals surface area contributed by atoms with Gasteiger partial charge in [-0.15, -0.1) is 0 Å². The third-order valence-corrected chi connectivity index (χ3v) is 4.74. The lowest BCUT2D eigenvalue weighted by Crippen LogP contribution is -2.33. The number of benzene rings is 1. The van der Waals surface area contributed by atoms with Crippen LogP contribution in [0.15, 0.2) is 24.3 Å². The summed E-state index contributed by atoms with van der Waals surface area (Å²) in [5, 5.41) is 2.06. The molecule has 1 aliphatic rings. The first-order valence-electron chi connectivity index (χ1n) is 6.62. The van der Waals surface area contributed by atoms with E-state index in [0.29, 0.717) is 0 Å². The van der Waals surface area contributed by atoms with E-state index in [-0.39, 0.29) is 5.41 Å². The number of fused-ring (bicyclic) bond motifs is 1. The fourth-order valence-electron chi connectivity index (χ4n) is 3.43. The fraction of sp³-hybridized carbons (Fsp3) is 0.467. The molecule has 18 heavy (non-hydrogen) atoms. The first-order chi connectivity index (χ1) is 8.66. The van der Waals surface area contributed by atoms with Crippen LogP contribution in [0, 0.1) is 0 Å².